The highest BCUT2D eigenvalue weighted by Gasteiger charge is 2.16. The van der Waals surface area contributed by atoms with Crippen LogP contribution < -0.4 is 5.32 Å². The lowest BCUT2D eigenvalue weighted by Gasteiger charge is -2.20. The van der Waals surface area contributed by atoms with Crippen molar-refractivity contribution in [3.8, 4) is 5.75 Å². The van der Waals surface area contributed by atoms with Crippen molar-refractivity contribution in [2.75, 3.05) is 6.54 Å². The molecule has 2 nitrogen and oxygen atoms in total. The molecule has 0 radical (unpaired) electrons. The third-order valence-electron chi connectivity index (χ3n) is 3.35. The summed E-state index contributed by atoms with van der Waals surface area (Å²) >= 11 is 5.82. The summed E-state index contributed by atoms with van der Waals surface area (Å²) in [4.78, 5) is 0. The average Bonchev–Trinajstić information content (AvgIpc) is 2.46. The summed E-state index contributed by atoms with van der Waals surface area (Å²) in [7, 11) is 0. The van der Waals surface area contributed by atoms with Crippen molar-refractivity contribution >= 4 is 11.6 Å². The van der Waals surface area contributed by atoms with Gasteiger partial charge in [-0.2, -0.15) is 0 Å². The molecule has 0 aliphatic carbocycles. The molecule has 0 saturated carbocycles. The van der Waals surface area contributed by atoms with Gasteiger partial charge in [0.1, 0.15) is 11.6 Å². The fourth-order valence-corrected chi connectivity index (χ4v) is 2.42. The molecule has 0 amide bonds. The van der Waals surface area contributed by atoms with Gasteiger partial charge in [-0.1, -0.05) is 36.7 Å². The van der Waals surface area contributed by atoms with E-state index in [1.807, 2.05) is 12.1 Å². The van der Waals surface area contributed by atoms with Crippen LogP contribution in [0.15, 0.2) is 42.5 Å². The number of aromatic hydroxyl groups is 1. The van der Waals surface area contributed by atoms with Gasteiger partial charge in [0.25, 0.3) is 0 Å². The van der Waals surface area contributed by atoms with E-state index in [0.717, 1.165) is 18.5 Å². The molecule has 0 saturated heterocycles. The lowest BCUT2D eigenvalue weighted by atomic mass is 9.98. The molecule has 0 fully saturated rings. The summed E-state index contributed by atoms with van der Waals surface area (Å²) in [5, 5.41) is 13.1. The quantitative estimate of drug-likeness (QED) is 0.825. The third-order valence-corrected chi connectivity index (χ3v) is 3.59. The van der Waals surface area contributed by atoms with Crippen LogP contribution in [-0.4, -0.2) is 11.7 Å². The second kappa shape index (κ2) is 7.43. The number of rotatable bonds is 6. The van der Waals surface area contributed by atoms with Crippen molar-refractivity contribution in [1.29, 1.82) is 0 Å². The van der Waals surface area contributed by atoms with Gasteiger partial charge in [-0.25, -0.2) is 4.39 Å². The van der Waals surface area contributed by atoms with Gasteiger partial charge >= 0.3 is 0 Å². The van der Waals surface area contributed by atoms with Gasteiger partial charge in [-0.15, -0.1) is 0 Å². The van der Waals surface area contributed by atoms with Gasteiger partial charge in [0, 0.05) is 16.6 Å². The highest BCUT2D eigenvalue weighted by molar-refractivity contribution is 6.30. The monoisotopic (exact) mass is 307 g/mol. The standard InChI is InChI=1S/C17H19ClFNO/c1-2-9-20-17(10-12-3-6-14(21)7-4-12)15-8-5-13(18)11-16(15)19/h3-8,11,17,20-21H,2,9-10H2,1H3. The molecule has 0 bridgehead atoms. The topological polar surface area (TPSA) is 32.3 Å². The number of phenols is 1. The van der Waals surface area contributed by atoms with E-state index in [1.165, 1.54) is 6.07 Å². The molecule has 21 heavy (non-hydrogen) atoms. The molecule has 4 heteroatoms. The van der Waals surface area contributed by atoms with E-state index in [2.05, 4.69) is 12.2 Å². The maximum absolute atomic E-state index is 14.1. The summed E-state index contributed by atoms with van der Waals surface area (Å²) in [6.07, 6.45) is 1.63. The minimum Gasteiger partial charge on any atom is -0.508 e. The molecule has 2 aromatic rings. The number of hydrogen-bond donors (Lipinski definition) is 2. The molecule has 0 aliphatic heterocycles. The highest BCUT2D eigenvalue weighted by Crippen LogP contribution is 2.24. The predicted molar refractivity (Wildman–Crippen MR) is 84.3 cm³/mol. The van der Waals surface area contributed by atoms with Crippen molar-refractivity contribution in [1.82, 2.24) is 5.32 Å². The van der Waals surface area contributed by atoms with Crippen LogP contribution in [-0.2, 0) is 6.42 Å². The van der Waals surface area contributed by atoms with Crippen LogP contribution in [0.4, 0.5) is 4.39 Å². The fourth-order valence-electron chi connectivity index (χ4n) is 2.26. The Balaban J connectivity index is 2.22. The normalized spacial score (nSPS) is 12.3. The minimum atomic E-state index is -0.296. The van der Waals surface area contributed by atoms with Crippen molar-refractivity contribution in [3.63, 3.8) is 0 Å². The molecule has 0 heterocycles. The van der Waals surface area contributed by atoms with Gasteiger partial charge in [0.2, 0.25) is 0 Å². The van der Waals surface area contributed by atoms with Gasteiger partial charge < -0.3 is 10.4 Å². The first kappa shape index (κ1) is 15.8. The van der Waals surface area contributed by atoms with Crippen molar-refractivity contribution < 1.29 is 9.50 Å². The van der Waals surface area contributed by atoms with Gasteiger partial charge in [0.15, 0.2) is 0 Å². The molecule has 2 N–H and O–H groups in total. The highest BCUT2D eigenvalue weighted by atomic mass is 35.5. The SMILES string of the molecule is CCCNC(Cc1ccc(O)cc1)c1ccc(Cl)cc1F. The van der Waals surface area contributed by atoms with E-state index in [4.69, 9.17) is 11.6 Å². The second-order valence-electron chi connectivity index (χ2n) is 5.04. The summed E-state index contributed by atoms with van der Waals surface area (Å²) in [5.41, 5.74) is 1.65. The first-order valence-corrected chi connectivity index (χ1v) is 7.44. The van der Waals surface area contributed by atoms with Crippen molar-refractivity contribution in [2.45, 2.75) is 25.8 Å². The molecule has 0 aromatic heterocycles. The first-order chi connectivity index (χ1) is 10.1. The molecule has 2 rings (SSSR count). The third kappa shape index (κ3) is 4.45. The average molecular weight is 308 g/mol. The Kier molecular flexibility index (Phi) is 5.59. The lowest BCUT2D eigenvalue weighted by Crippen LogP contribution is -2.25. The summed E-state index contributed by atoms with van der Waals surface area (Å²) < 4.78 is 14.1. The van der Waals surface area contributed by atoms with Gasteiger partial charge in [0.05, 0.1) is 0 Å². The molecular weight excluding hydrogens is 289 g/mol. The van der Waals surface area contributed by atoms with Crippen molar-refractivity contribution in [3.05, 3.63) is 64.4 Å². The van der Waals surface area contributed by atoms with E-state index in [1.54, 1.807) is 24.3 Å². The first-order valence-electron chi connectivity index (χ1n) is 7.06. The molecule has 0 spiro atoms. The van der Waals surface area contributed by atoms with Crippen LogP contribution in [0.3, 0.4) is 0 Å². The van der Waals surface area contributed by atoms with E-state index >= 15 is 0 Å². The van der Waals surface area contributed by atoms with E-state index in [0.29, 0.717) is 17.0 Å². The molecule has 1 unspecified atom stereocenters. The maximum atomic E-state index is 14.1. The zero-order valence-corrected chi connectivity index (χ0v) is 12.7. The Bertz CT molecular complexity index is 586. The molecule has 0 aliphatic rings. The Hall–Kier alpha value is -1.58. The van der Waals surface area contributed by atoms with Gasteiger partial charge in [-0.05, 0) is 49.2 Å². The van der Waals surface area contributed by atoms with Crippen LogP contribution in [0.5, 0.6) is 5.75 Å². The van der Waals surface area contributed by atoms with Crippen LogP contribution in [0.25, 0.3) is 0 Å². The molecule has 1 atom stereocenters. The summed E-state index contributed by atoms with van der Waals surface area (Å²) in [6, 6.07) is 11.6. The number of nitrogens with one attached hydrogen (secondary N) is 1. The molecular formula is C17H19ClFNO. The number of hydrogen-bond acceptors (Lipinski definition) is 2. The zero-order chi connectivity index (χ0) is 15.2. The fraction of sp³-hybridized carbons (Fsp3) is 0.294. The van der Waals surface area contributed by atoms with Crippen LogP contribution in [0, 0.1) is 5.82 Å². The van der Waals surface area contributed by atoms with Crippen LogP contribution in [0.1, 0.15) is 30.5 Å². The maximum Gasteiger partial charge on any atom is 0.129 e. The Morgan fingerprint density at radius 1 is 1.19 bits per heavy atom. The van der Waals surface area contributed by atoms with Crippen LogP contribution >= 0.6 is 11.6 Å². The largest absolute Gasteiger partial charge is 0.508 e. The van der Waals surface area contributed by atoms with E-state index < -0.39 is 0 Å². The van der Waals surface area contributed by atoms with E-state index in [9.17, 15) is 9.50 Å². The molecule has 2 aromatic carbocycles. The smallest absolute Gasteiger partial charge is 0.129 e. The zero-order valence-electron chi connectivity index (χ0n) is 11.9. The number of benzene rings is 2. The summed E-state index contributed by atoms with van der Waals surface area (Å²) in [6.45, 7) is 2.88. The second-order valence-corrected chi connectivity index (χ2v) is 5.48. The van der Waals surface area contributed by atoms with E-state index in [-0.39, 0.29) is 17.6 Å². The predicted octanol–water partition coefficient (Wildman–Crippen LogP) is 4.47. The number of halogens is 2. The Labute approximate surface area is 129 Å². The van der Waals surface area contributed by atoms with Crippen LogP contribution in [0.2, 0.25) is 5.02 Å². The number of phenolic OH excluding ortho intramolecular Hbond substituents is 1. The Morgan fingerprint density at radius 2 is 1.90 bits per heavy atom. The summed E-state index contributed by atoms with van der Waals surface area (Å²) in [5.74, 6) is -0.0654. The van der Waals surface area contributed by atoms with Crippen molar-refractivity contribution in [2.24, 2.45) is 0 Å². The minimum absolute atomic E-state index is 0.119. The Morgan fingerprint density at radius 3 is 2.52 bits per heavy atom. The van der Waals surface area contributed by atoms with Gasteiger partial charge in [-0.3, -0.25) is 0 Å². The lowest BCUT2D eigenvalue weighted by molar-refractivity contribution is 0.473. The molecule has 112 valence electrons.